The number of phenolic OH excluding ortho intramolecular Hbond substituents is 1. The molecule has 1 amide bonds. The zero-order valence-corrected chi connectivity index (χ0v) is 12.1. The SMILES string of the molecule is O=C(Nc1cc(Cl)ccc1O)c1cccc(I)c1. The number of halogens is 2. The van der Waals surface area contributed by atoms with Gasteiger partial charge in [-0.2, -0.15) is 0 Å². The first-order valence-corrected chi connectivity index (χ1v) is 6.57. The minimum absolute atomic E-state index is 0.0154. The lowest BCUT2D eigenvalue weighted by Crippen LogP contribution is -2.12. The maximum atomic E-state index is 12.0. The molecule has 0 bridgehead atoms. The molecule has 0 fully saturated rings. The van der Waals surface area contributed by atoms with Crippen LogP contribution in [0, 0.1) is 3.57 Å². The molecule has 2 N–H and O–H groups in total. The van der Waals surface area contributed by atoms with Gasteiger partial charge in [0.2, 0.25) is 0 Å². The average Bonchev–Trinajstić information content (AvgIpc) is 2.34. The van der Waals surface area contributed by atoms with Gasteiger partial charge in [-0.05, 0) is 59.0 Å². The number of rotatable bonds is 2. The molecule has 2 rings (SSSR count). The van der Waals surface area contributed by atoms with Crippen molar-refractivity contribution in [3.63, 3.8) is 0 Å². The third-order valence-electron chi connectivity index (χ3n) is 2.29. The predicted molar refractivity (Wildman–Crippen MR) is 80.2 cm³/mol. The molecule has 0 saturated heterocycles. The Labute approximate surface area is 123 Å². The van der Waals surface area contributed by atoms with Crippen molar-refractivity contribution in [2.45, 2.75) is 0 Å². The van der Waals surface area contributed by atoms with Crippen LogP contribution >= 0.6 is 34.2 Å². The predicted octanol–water partition coefficient (Wildman–Crippen LogP) is 3.90. The number of anilines is 1. The molecular weight excluding hydrogens is 365 g/mol. The fourth-order valence-electron chi connectivity index (χ4n) is 1.43. The van der Waals surface area contributed by atoms with Gasteiger partial charge in [-0.1, -0.05) is 17.7 Å². The fourth-order valence-corrected chi connectivity index (χ4v) is 2.15. The van der Waals surface area contributed by atoms with E-state index in [-0.39, 0.29) is 11.7 Å². The van der Waals surface area contributed by atoms with Crippen molar-refractivity contribution in [1.82, 2.24) is 0 Å². The van der Waals surface area contributed by atoms with Crippen LogP contribution in [-0.4, -0.2) is 11.0 Å². The fraction of sp³-hybridized carbons (Fsp3) is 0. The van der Waals surface area contributed by atoms with Gasteiger partial charge in [0, 0.05) is 14.2 Å². The second-order valence-electron chi connectivity index (χ2n) is 3.63. The van der Waals surface area contributed by atoms with Crippen LogP contribution in [0.1, 0.15) is 10.4 Å². The molecule has 0 radical (unpaired) electrons. The molecule has 0 aromatic heterocycles. The minimum Gasteiger partial charge on any atom is -0.506 e. The molecule has 0 aliphatic carbocycles. The van der Waals surface area contributed by atoms with Crippen molar-refractivity contribution >= 4 is 45.8 Å². The highest BCUT2D eigenvalue weighted by molar-refractivity contribution is 14.1. The summed E-state index contributed by atoms with van der Waals surface area (Å²) in [6.45, 7) is 0. The zero-order valence-electron chi connectivity index (χ0n) is 9.15. The number of hydrogen-bond donors (Lipinski definition) is 2. The average molecular weight is 374 g/mol. The summed E-state index contributed by atoms with van der Waals surface area (Å²) in [6.07, 6.45) is 0. The number of carbonyl (C=O) groups is 1. The number of nitrogens with one attached hydrogen (secondary N) is 1. The Bertz CT molecular complexity index is 601. The molecule has 0 saturated carbocycles. The molecule has 0 heterocycles. The topological polar surface area (TPSA) is 49.3 Å². The largest absolute Gasteiger partial charge is 0.506 e. The van der Waals surface area contributed by atoms with Gasteiger partial charge in [0.25, 0.3) is 5.91 Å². The van der Waals surface area contributed by atoms with E-state index >= 15 is 0 Å². The maximum absolute atomic E-state index is 12.0. The van der Waals surface area contributed by atoms with Gasteiger partial charge in [-0.15, -0.1) is 0 Å². The van der Waals surface area contributed by atoms with Crippen LogP contribution in [0.3, 0.4) is 0 Å². The monoisotopic (exact) mass is 373 g/mol. The Morgan fingerprint density at radius 2 is 2.00 bits per heavy atom. The van der Waals surface area contributed by atoms with E-state index in [0.29, 0.717) is 16.3 Å². The molecule has 92 valence electrons. The number of amides is 1. The molecule has 2 aromatic rings. The lowest BCUT2D eigenvalue weighted by atomic mass is 10.2. The van der Waals surface area contributed by atoms with Crippen LogP contribution in [0.5, 0.6) is 5.75 Å². The second-order valence-corrected chi connectivity index (χ2v) is 5.31. The maximum Gasteiger partial charge on any atom is 0.255 e. The Hall–Kier alpha value is -1.27. The van der Waals surface area contributed by atoms with Crippen LogP contribution in [-0.2, 0) is 0 Å². The van der Waals surface area contributed by atoms with Crippen molar-refractivity contribution in [2.24, 2.45) is 0 Å². The lowest BCUT2D eigenvalue weighted by molar-refractivity contribution is 0.102. The molecule has 0 atom stereocenters. The number of hydrogen-bond acceptors (Lipinski definition) is 2. The molecule has 5 heteroatoms. The van der Waals surface area contributed by atoms with Gasteiger partial charge >= 0.3 is 0 Å². The zero-order chi connectivity index (χ0) is 13.1. The summed E-state index contributed by atoms with van der Waals surface area (Å²) in [7, 11) is 0. The van der Waals surface area contributed by atoms with E-state index in [1.807, 2.05) is 6.07 Å². The van der Waals surface area contributed by atoms with E-state index in [4.69, 9.17) is 11.6 Å². The van der Waals surface area contributed by atoms with Crippen molar-refractivity contribution in [3.05, 3.63) is 56.6 Å². The van der Waals surface area contributed by atoms with Crippen LogP contribution in [0.25, 0.3) is 0 Å². The Morgan fingerprint density at radius 3 is 2.72 bits per heavy atom. The molecular formula is C13H9ClINO2. The lowest BCUT2D eigenvalue weighted by Gasteiger charge is -2.07. The van der Waals surface area contributed by atoms with Gasteiger partial charge in [0.15, 0.2) is 0 Å². The van der Waals surface area contributed by atoms with Crippen molar-refractivity contribution in [3.8, 4) is 5.75 Å². The third-order valence-corrected chi connectivity index (χ3v) is 3.20. The number of phenols is 1. The molecule has 0 aliphatic heterocycles. The molecule has 2 aromatic carbocycles. The van der Waals surface area contributed by atoms with E-state index in [0.717, 1.165) is 3.57 Å². The van der Waals surface area contributed by atoms with E-state index in [9.17, 15) is 9.90 Å². The van der Waals surface area contributed by atoms with Crippen LogP contribution < -0.4 is 5.32 Å². The molecule has 3 nitrogen and oxygen atoms in total. The number of aromatic hydroxyl groups is 1. The van der Waals surface area contributed by atoms with Crippen LogP contribution in [0.2, 0.25) is 5.02 Å². The van der Waals surface area contributed by atoms with Crippen LogP contribution in [0.4, 0.5) is 5.69 Å². The highest BCUT2D eigenvalue weighted by atomic mass is 127. The van der Waals surface area contributed by atoms with E-state index in [2.05, 4.69) is 27.9 Å². The summed E-state index contributed by atoms with van der Waals surface area (Å²) in [4.78, 5) is 12.0. The summed E-state index contributed by atoms with van der Waals surface area (Å²) in [5, 5.41) is 12.7. The van der Waals surface area contributed by atoms with Crippen molar-refractivity contribution in [2.75, 3.05) is 5.32 Å². The van der Waals surface area contributed by atoms with Crippen molar-refractivity contribution < 1.29 is 9.90 Å². The first kappa shape index (κ1) is 13.2. The highest BCUT2D eigenvalue weighted by Crippen LogP contribution is 2.27. The first-order chi connectivity index (χ1) is 8.56. The molecule has 0 aliphatic rings. The van der Waals surface area contributed by atoms with Crippen molar-refractivity contribution in [1.29, 1.82) is 0 Å². The normalized spacial score (nSPS) is 10.1. The smallest absolute Gasteiger partial charge is 0.255 e. The van der Waals surface area contributed by atoms with E-state index in [1.54, 1.807) is 24.3 Å². The van der Waals surface area contributed by atoms with Gasteiger partial charge < -0.3 is 10.4 Å². The number of carbonyl (C=O) groups excluding carboxylic acids is 1. The Morgan fingerprint density at radius 1 is 1.22 bits per heavy atom. The van der Waals surface area contributed by atoms with Gasteiger partial charge in [-0.25, -0.2) is 0 Å². The van der Waals surface area contributed by atoms with Crippen LogP contribution in [0.15, 0.2) is 42.5 Å². The quantitative estimate of drug-likeness (QED) is 0.619. The standard InChI is InChI=1S/C13H9ClINO2/c14-9-4-5-12(17)11(7-9)16-13(18)8-2-1-3-10(15)6-8/h1-7,17H,(H,16,18). The highest BCUT2D eigenvalue weighted by Gasteiger charge is 2.09. The molecule has 18 heavy (non-hydrogen) atoms. The number of benzene rings is 2. The summed E-state index contributed by atoms with van der Waals surface area (Å²) >= 11 is 7.94. The van der Waals surface area contributed by atoms with Gasteiger partial charge in [0.1, 0.15) is 5.75 Å². The summed E-state index contributed by atoms with van der Waals surface area (Å²) < 4.78 is 0.968. The van der Waals surface area contributed by atoms with Gasteiger partial charge in [-0.3, -0.25) is 4.79 Å². The molecule has 0 spiro atoms. The van der Waals surface area contributed by atoms with Gasteiger partial charge in [0.05, 0.1) is 5.69 Å². The minimum atomic E-state index is -0.286. The summed E-state index contributed by atoms with van der Waals surface area (Å²) in [5.74, 6) is -0.301. The first-order valence-electron chi connectivity index (χ1n) is 5.12. The Kier molecular flexibility index (Phi) is 4.08. The van der Waals surface area contributed by atoms with E-state index < -0.39 is 0 Å². The molecule has 0 unspecified atom stereocenters. The summed E-state index contributed by atoms with van der Waals surface area (Å²) in [5.41, 5.74) is 0.827. The second kappa shape index (κ2) is 5.58. The third kappa shape index (κ3) is 3.14. The summed E-state index contributed by atoms with van der Waals surface area (Å²) in [6, 6.07) is 11.7. The van der Waals surface area contributed by atoms with E-state index in [1.165, 1.54) is 12.1 Å². The Balaban J connectivity index is 2.24.